The first-order valence-corrected chi connectivity index (χ1v) is 7.89. The zero-order valence-electron chi connectivity index (χ0n) is 12.6. The fourth-order valence-electron chi connectivity index (χ4n) is 1.83. The van der Waals surface area contributed by atoms with Crippen molar-refractivity contribution in [1.29, 1.82) is 0 Å². The molecule has 0 aliphatic rings. The molecule has 1 N–H and O–H groups in total. The van der Waals surface area contributed by atoms with Crippen molar-refractivity contribution < 1.29 is 22.8 Å². The third-order valence-corrected chi connectivity index (χ3v) is 3.79. The minimum atomic E-state index is -0.883. The van der Waals surface area contributed by atoms with Crippen LogP contribution in [0.3, 0.4) is 0 Å². The largest absolute Gasteiger partial charge is 0.443 e. The van der Waals surface area contributed by atoms with Crippen molar-refractivity contribution in [1.82, 2.24) is 4.98 Å². The molecule has 2 heterocycles. The molecule has 3 aromatic rings. The lowest BCUT2D eigenvalue weighted by molar-refractivity contribution is -0.110. The van der Waals surface area contributed by atoms with Crippen LogP contribution in [0.25, 0.3) is 10.8 Å². The zero-order valence-corrected chi connectivity index (χ0v) is 13.4. The minimum absolute atomic E-state index is 0.00354. The summed E-state index contributed by atoms with van der Waals surface area (Å²) in [7, 11) is 0. The SMILES string of the molecule is O=C(C=NOCc1coc(-c2cccs2)n1)Nc1ccc(F)cc1F. The van der Waals surface area contributed by atoms with Crippen LogP contribution in [-0.2, 0) is 16.2 Å². The van der Waals surface area contributed by atoms with Gasteiger partial charge in [-0.2, -0.15) is 0 Å². The van der Waals surface area contributed by atoms with Crippen molar-refractivity contribution >= 4 is 29.1 Å². The van der Waals surface area contributed by atoms with Gasteiger partial charge in [0, 0.05) is 6.07 Å². The zero-order chi connectivity index (χ0) is 17.6. The van der Waals surface area contributed by atoms with Crippen LogP contribution in [0, 0.1) is 11.6 Å². The number of thiophene rings is 1. The van der Waals surface area contributed by atoms with E-state index in [9.17, 15) is 13.6 Å². The van der Waals surface area contributed by atoms with Crippen molar-refractivity contribution in [2.45, 2.75) is 6.61 Å². The monoisotopic (exact) mass is 363 g/mol. The average molecular weight is 363 g/mol. The second kappa shape index (κ2) is 7.67. The van der Waals surface area contributed by atoms with Gasteiger partial charge in [-0.1, -0.05) is 11.2 Å². The predicted molar refractivity (Wildman–Crippen MR) is 88.1 cm³/mol. The van der Waals surface area contributed by atoms with Gasteiger partial charge in [0.25, 0.3) is 5.91 Å². The fourth-order valence-corrected chi connectivity index (χ4v) is 2.49. The van der Waals surface area contributed by atoms with Gasteiger partial charge >= 0.3 is 0 Å². The van der Waals surface area contributed by atoms with Gasteiger partial charge in [0.15, 0.2) is 6.61 Å². The number of nitrogens with zero attached hydrogens (tertiary/aromatic N) is 2. The van der Waals surface area contributed by atoms with Gasteiger partial charge in [0.1, 0.15) is 29.8 Å². The Morgan fingerprint density at radius 2 is 2.28 bits per heavy atom. The molecule has 0 saturated heterocycles. The average Bonchev–Trinajstić information content (AvgIpc) is 3.25. The number of aromatic nitrogens is 1. The first kappa shape index (κ1) is 16.8. The van der Waals surface area contributed by atoms with Crippen LogP contribution in [0.2, 0.25) is 0 Å². The highest BCUT2D eigenvalue weighted by Gasteiger charge is 2.08. The van der Waals surface area contributed by atoms with Crippen molar-refractivity contribution in [2.75, 3.05) is 5.32 Å². The van der Waals surface area contributed by atoms with E-state index in [1.807, 2.05) is 17.5 Å². The molecule has 0 aliphatic carbocycles. The van der Waals surface area contributed by atoms with Gasteiger partial charge in [-0.15, -0.1) is 11.3 Å². The lowest BCUT2D eigenvalue weighted by Gasteiger charge is -2.02. The number of anilines is 1. The molecule has 1 aromatic carbocycles. The molecular weight excluding hydrogens is 352 g/mol. The van der Waals surface area contributed by atoms with E-state index in [0.717, 1.165) is 23.2 Å². The Balaban J connectivity index is 1.49. The molecule has 0 aliphatic heterocycles. The van der Waals surface area contributed by atoms with Crippen LogP contribution in [0.1, 0.15) is 5.69 Å². The topological polar surface area (TPSA) is 76.7 Å². The standard InChI is InChI=1S/C16H11F2N3O3S/c17-10-3-4-13(12(18)6-10)21-15(22)7-19-24-9-11-8-23-16(20-11)14-2-1-5-25-14/h1-8H,9H2,(H,21,22). The Bertz CT molecular complexity index is 894. The summed E-state index contributed by atoms with van der Waals surface area (Å²) in [6, 6.07) is 6.56. The van der Waals surface area contributed by atoms with Gasteiger partial charge in [-0.25, -0.2) is 13.8 Å². The van der Waals surface area contributed by atoms with E-state index in [1.54, 1.807) is 0 Å². The first-order chi connectivity index (χ1) is 12.1. The summed E-state index contributed by atoms with van der Waals surface area (Å²) in [5.74, 6) is -1.86. The second-order valence-electron chi connectivity index (χ2n) is 4.74. The maximum Gasteiger partial charge on any atom is 0.270 e. The lowest BCUT2D eigenvalue weighted by Crippen LogP contribution is -2.14. The summed E-state index contributed by atoms with van der Waals surface area (Å²) in [5.41, 5.74) is 0.348. The number of carbonyl (C=O) groups excluding carboxylic acids is 1. The molecule has 0 spiro atoms. The quantitative estimate of drug-likeness (QED) is 0.533. The van der Waals surface area contributed by atoms with E-state index in [2.05, 4.69) is 15.5 Å². The molecule has 2 aromatic heterocycles. The number of amides is 1. The number of benzene rings is 1. The van der Waals surface area contributed by atoms with E-state index in [-0.39, 0.29) is 12.3 Å². The maximum absolute atomic E-state index is 13.4. The van der Waals surface area contributed by atoms with Crippen LogP contribution in [-0.4, -0.2) is 17.1 Å². The predicted octanol–water partition coefficient (Wildman–Crippen LogP) is 3.82. The van der Waals surface area contributed by atoms with E-state index in [1.165, 1.54) is 17.6 Å². The van der Waals surface area contributed by atoms with Gasteiger partial charge in [0.05, 0.1) is 10.6 Å². The molecule has 1 amide bonds. The van der Waals surface area contributed by atoms with Crippen LogP contribution in [0.5, 0.6) is 0 Å². The molecule has 6 nitrogen and oxygen atoms in total. The minimum Gasteiger partial charge on any atom is -0.443 e. The van der Waals surface area contributed by atoms with Crippen LogP contribution >= 0.6 is 11.3 Å². The number of halogens is 2. The van der Waals surface area contributed by atoms with E-state index in [4.69, 9.17) is 9.25 Å². The highest BCUT2D eigenvalue weighted by molar-refractivity contribution is 7.13. The number of carbonyl (C=O) groups is 1. The normalized spacial score (nSPS) is 11.0. The second-order valence-corrected chi connectivity index (χ2v) is 5.69. The highest BCUT2D eigenvalue weighted by atomic mass is 32.1. The van der Waals surface area contributed by atoms with Gasteiger partial charge in [-0.05, 0) is 23.6 Å². The Labute approximate surface area is 144 Å². The number of hydrogen-bond donors (Lipinski definition) is 1. The third kappa shape index (κ3) is 4.48. The molecule has 0 bridgehead atoms. The van der Waals surface area contributed by atoms with Crippen molar-refractivity contribution in [3.05, 3.63) is 59.3 Å². The van der Waals surface area contributed by atoms with Crippen LogP contribution < -0.4 is 5.32 Å². The third-order valence-electron chi connectivity index (χ3n) is 2.93. The molecular formula is C16H11F2N3O3S. The molecule has 25 heavy (non-hydrogen) atoms. The Morgan fingerprint density at radius 1 is 1.40 bits per heavy atom. The smallest absolute Gasteiger partial charge is 0.270 e. The van der Waals surface area contributed by atoms with Crippen LogP contribution in [0.15, 0.2) is 51.5 Å². The van der Waals surface area contributed by atoms with Gasteiger partial charge in [0.2, 0.25) is 5.89 Å². The summed E-state index contributed by atoms with van der Waals surface area (Å²) in [6.07, 6.45) is 2.27. The van der Waals surface area contributed by atoms with Crippen molar-refractivity contribution in [3.63, 3.8) is 0 Å². The Hall–Kier alpha value is -3.07. The Kier molecular flexibility index (Phi) is 5.14. The molecule has 128 valence electrons. The first-order valence-electron chi connectivity index (χ1n) is 7.01. The van der Waals surface area contributed by atoms with Gasteiger partial charge in [-0.3, -0.25) is 4.79 Å². The number of hydrogen-bond acceptors (Lipinski definition) is 6. The Morgan fingerprint density at radius 3 is 3.04 bits per heavy atom. The molecule has 0 fully saturated rings. The molecule has 0 atom stereocenters. The van der Waals surface area contributed by atoms with E-state index < -0.39 is 17.5 Å². The fraction of sp³-hybridized carbons (Fsp3) is 0.0625. The number of nitrogens with one attached hydrogen (secondary N) is 1. The van der Waals surface area contributed by atoms with Gasteiger partial charge < -0.3 is 14.6 Å². The summed E-state index contributed by atoms with van der Waals surface area (Å²) in [4.78, 5) is 21.6. The maximum atomic E-state index is 13.4. The van der Waals surface area contributed by atoms with E-state index in [0.29, 0.717) is 17.7 Å². The van der Waals surface area contributed by atoms with Crippen LogP contribution in [0.4, 0.5) is 14.5 Å². The molecule has 0 unspecified atom stereocenters. The van der Waals surface area contributed by atoms with Crippen molar-refractivity contribution in [3.8, 4) is 10.8 Å². The van der Waals surface area contributed by atoms with Crippen molar-refractivity contribution in [2.24, 2.45) is 5.16 Å². The molecule has 0 saturated carbocycles. The summed E-state index contributed by atoms with van der Waals surface area (Å²) < 4.78 is 31.5. The molecule has 3 rings (SSSR count). The number of rotatable bonds is 6. The highest BCUT2D eigenvalue weighted by Crippen LogP contribution is 2.23. The summed E-state index contributed by atoms with van der Waals surface area (Å²) in [6.45, 7) is 0.00354. The summed E-state index contributed by atoms with van der Waals surface area (Å²) in [5, 5.41) is 7.59. The lowest BCUT2D eigenvalue weighted by atomic mass is 10.3. The number of oxime groups is 1. The molecule has 9 heteroatoms. The molecule has 0 radical (unpaired) electrons. The number of oxazole rings is 1. The summed E-state index contributed by atoms with van der Waals surface area (Å²) >= 11 is 1.49. The van der Waals surface area contributed by atoms with E-state index >= 15 is 0 Å².